The molecule has 4 N–H and O–H groups in total. The summed E-state index contributed by atoms with van der Waals surface area (Å²) in [6.07, 6.45) is 0. The second-order valence-electron chi connectivity index (χ2n) is 4.60. The van der Waals surface area contributed by atoms with Crippen LogP contribution in [0.3, 0.4) is 0 Å². The highest BCUT2D eigenvalue weighted by molar-refractivity contribution is 5.89. The Morgan fingerprint density at radius 2 is 1.94 bits per heavy atom. The third-order valence-electron chi connectivity index (χ3n) is 2.04. The van der Waals surface area contributed by atoms with Crippen molar-refractivity contribution in [1.82, 2.24) is 5.32 Å². The molecule has 7 nitrogen and oxygen atoms in total. The number of hydrogen-bond donors (Lipinski definition) is 3. The number of carbonyl (C=O) groups excluding carboxylic acids is 1. The van der Waals surface area contributed by atoms with Gasteiger partial charge in [-0.2, -0.15) is 0 Å². The topological polar surface area (TPSA) is 110 Å². The first-order valence-corrected chi connectivity index (χ1v) is 5.36. The van der Waals surface area contributed by atoms with Gasteiger partial charge in [0.1, 0.15) is 0 Å². The number of anilines is 1. The van der Waals surface area contributed by atoms with Crippen molar-refractivity contribution in [3.63, 3.8) is 0 Å². The number of non-ortho nitro benzene ring substituents is 1. The molecular formula is C11H16N4O3. The molecule has 0 spiro atoms. The van der Waals surface area contributed by atoms with Gasteiger partial charge in [0.2, 0.25) is 0 Å². The van der Waals surface area contributed by atoms with Crippen molar-refractivity contribution < 1.29 is 9.72 Å². The van der Waals surface area contributed by atoms with Crippen LogP contribution < -0.4 is 16.4 Å². The smallest absolute Gasteiger partial charge is 0.319 e. The standard InChI is InChI=1S/C11H16N4O3/c1-11(2,12)7-13-10(16)14-8-3-5-9(6-4-8)15(17)18/h3-6H,7,12H2,1-2H3,(H2,13,14,16). The molecule has 1 aromatic carbocycles. The molecule has 0 heterocycles. The molecule has 2 amide bonds. The van der Waals surface area contributed by atoms with E-state index in [0.717, 1.165) is 0 Å². The van der Waals surface area contributed by atoms with Crippen LogP contribution >= 0.6 is 0 Å². The van der Waals surface area contributed by atoms with E-state index in [9.17, 15) is 14.9 Å². The number of rotatable bonds is 4. The molecule has 0 aliphatic rings. The minimum absolute atomic E-state index is 0.0240. The number of nitrogens with two attached hydrogens (primary N) is 1. The van der Waals surface area contributed by atoms with Crippen molar-refractivity contribution >= 4 is 17.4 Å². The highest BCUT2D eigenvalue weighted by Gasteiger charge is 2.12. The molecule has 0 aromatic heterocycles. The van der Waals surface area contributed by atoms with Gasteiger partial charge in [-0.05, 0) is 26.0 Å². The Kier molecular flexibility index (Phi) is 4.22. The predicted molar refractivity (Wildman–Crippen MR) is 68.4 cm³/mol. The number of amides is 2. The van der Waals surface area contributed by atoms with Crippen molar-refractivity contribution in [3.05, 3.63) is 34.4 Å². The zero-order valence-corrected chi connectivity index (χ0v) is 10.3. The summed E-state index contributed by atoms with van der Waals surface area (Å²) < 4.78 is 0. The van der Waals surface area contributed by atoms with Crippen LogP contribution in [0.15, 0.2) is 24.3 Å². The second-order valence-corrected chi connectivity index (χ2v) is 4.60. The van der Waals surface area contributed by atoms with Crippen LogP contribution in [-0.4, -0.2) is 23.0 Å². The van der Waals surface area contributed by atoms with Crippen molar-refractivity contribution in [2.45, 2.75) is 19.4 Å². The fourth-order valence-corrected chi connectivity index (χ4v) is 1.15. The van der Waals surface area contributed by atoms with E-state index in [4.69, 9.17) is 5.73 Å². The first-order chi connectivity index (χ1) is 8.28. The van der Waals surface area contributed by atoms with Crippen LogP contribution in [0.5, 0.6) is 0 Å². The quantitative estimate of drug-likeness (QED) is 0.556. The van der Waals surface area contributed by atoms with Crippen LogP contribution in [0.4, 0.5) is 16.2 Å². The summed E-state index contributed by atoms with van der Waals surface area (Å²) in [7, 11) is 0. The molecule has 0 unspecified atom stereocenters. The van der Waals surface area contributed by atoms with Gasteiger partial charge in [0.15, 0.2) is 0 Å². The maximum absolute atomic E-state index is 11.5. The lowest BCUT2D eigenvalue weighted by Crippen LogP contribution is -2.46. The molecule has 0 atom stereocenters. The highest BCUT2D eigenvalue weighted by Crippen LogP contribution is 2.15. The molecular weight excluding hydrogens is 236 g/mol. The van der Waals surface area contributed by atoms with Crippen molar-refractivity contribution in [1.29, 1.82) is 0 Å². The number of hydrogen-bond acceptors (Lipinski definition) is 4. The van der Waals surface area contributed by atoms with Gasteiger partial charge in [-0.15, -0.1) is 0 Å². The van der Waals surface area contributed by atoms with Crippen molar-refractivity contribution in [3.8, 4) is 0 Å². The lowest BCUT2D eigenvalue weighted by Gasteiger charge is -2.19. The zero-order chi connectivity index (χ0) is 13.8. The second kappa shape index (κ2) is 5.46. The Hall–Kier alpha value is -2.15. The van der Waals surface area contributed by atoms with E-state index >= 15 is 0 Å². The first-order valence-electron chi connectivity index (χ1n) is 5.36. The number of carbonyl (C=O) groups is 1. The lowest BCUT2D eigenvalue weighted by atomic mass is 10.1. The van der Waals surface area contributed by atoms with Crippen LogP contribution in [-0.2, 0) is 0 Å². The Morgan fingerprint density at radius 1 is 1.39 bits per heavy atom. The molecule has 0 radical (unpaired) electrons. The van der Waals surface area contributed by atoms with Gasteiger partial charge in [-0.25, -0.2) is 4.79 Å². The third kappa shape index (κ3) is 4.79. The molecule has 0 bridgehead atoms. The van der Waals surface area contributed by atoms with E-state index < -0.39 is 16.5 Å². The number of urea groups is 1. The largest absolute Gasteiger partial charge is 0.336 e. The average Bonchev–Trinajstić information content (AvgIpc) is 2.26. The van der Waals surface area contributed by atoms with Crippen LogP contribution in [0, 0.1) is 10.1 Å². The third-order valence-corrected chi connectivity index (χ3v) is 2.04. The lowest BCUT2D eigenvalue weighted by molar-refractivity contribution is -0.384. The molecule has 1 rings (SSSR count). The average molecular weight is 252 g/mol. The fourth-order valence-electron chi connectivity index (χ4n) is 1.15. The van der Waals surface area contributed by atoms with Gasteiger partial charge < -0.3 is 16.4 Å². The zero-order valence-electron chi connectivity index (χ0n) is 10.3. The van der Waals surface area contributed by atoms with E-state index in [1.54, 1.807) is 13.8 Å². The summed E-state index contributed by atoms with van der Waals surface area (Å²) in [5, 5.41) is 15.6. The summed E-state index contributed by atoms with van der Waals surface area (Å²) in [6.45, 7) is 3.91. The number of benzene rings is 1. The van der Waals surface area contributed by atoms with Crippen molar-refractivity contribution in [2.24, 2.45) is 5.73 Å². The van der Waals surface area contributed by atoms with Gasteiger partial charge in [0.05, 0.1) is 4.92 Å². The maximum atomic E-state index is 11.5. The molecule has 0 aliphatic carbocycles. The molecule has 0 saturated carbocycles. The summed E-state index contributed by atoms with van der Waals surface area (Å²) in [6, 6.07) is 5.17. The van der Waals surface area contributed by atoms with E-state index in [1.807, 2.05) is 0 Å². The van der Waals surface area contributed by atoms with E-state index in [0.29, 0.717) is 12.2 Å². The van der Waals surface area contributed by atoms with E-state index in [-0.39, 0.29) is 5.69 Å². The summed E-state index contributed by atoms with van der Waals surface area (Å²) in [4.78, 5) is 21.4. The number of nitro benzene ring substituents is 1. The number of nitro groups is 1. The molecule has 98 valence electrons. The summed E-state index contributed by atoms with van der Waals surface area (Å²) in [5.74, 6) is 0. The summed E-state index contributed by atoms with van der Waals surface area (Å²) >= 11 is 0. The van der Waals surface area contributed by atoms with Gasteiger partial charge >= 0.3 is 6.03 Å². The molecule has 18 heavy (non-hydrogen) atoms. The van der Waals surface area contributed by atoms with Gasteiger partial charge in [-0.3, -0.25) is 10.1 Å². The molecule has 0 fully saturated rings. The van der Waals surface area contributed by atoms with Crippen LogP contribution in [0.2, 0.25) is 0 Å². The summed E-state index contributed by atoms with van der Waals surface area (Å²) in [5.41, 5.74) is 5.68. The molecule has 7 heteroatoms. The predicted octanol–water partition coefficient (Wildman–Crippen LogP) is 1.45. The van der Waals surface area contributed by atoms with Crippen molar-refractivity contribution in [2.75, 3.05) is 11.9 Å². The Labute approximate surface area is 105 Å². The van der Waals surface area contributed by atoms with Gasteiger partial charge in [-0.1, -0.05) is 0 Å². The van der Waals surface area contributed by atoms with Gasteiger partial charge in [0, 0.05) is 29.9 Å². The maximum Gasteiger partial charge on any atom is 0.319 e. The SMILES string of the molecule is CC(C)(N)CNC(=O)Nc1ccc([N+](=O)[O-])cc1. The molecule has 0 aliphatic heterocycles. The first kappa shape index (κ1) is 13.9. The minimum Gasteiger partial charge on any atom is -0.336 e. The Morgan fingerprint density at radius 3 is 2.39 bits per heavy atom. The number of nitrogens with zero attached hydrogens (tertiary/aromatic N) is 1. The van der Waals surface area contributed by atoms with Crippen LogP contribution in [0.1, 0.15) is 13.8 Å². The van der Waals surface area contributed by atoms with E-state index in [1.165, 1.54) is 24.3 Å². The fraction of sp³-hybridized carbons (Fsp3) is 0.364. The van der Waals surface area contributed by atoms with Gasteiger partial charge in [0.25, 0.3) is 5.69 Å². The highest BCUT2D eigenvalue weighted by atomic mass is 16.6. The molecule has 0 saturated heterocycles. The monoisotopic (exact) mass is 252 g/mol. The Bertz CT molecular complexity index is 437. The Balaban J connectivity index is 2.52. The van der Waals surface area contributed by atoms with E-state index in [2.05, 4.69) is 10.6 Å². The van der Waals surface area contributed by atoms with Crippen LogP contribution in [0.25, 0.3) is 0 Å². The normalized spacial score (nSPS) is 10.8. The molecule has 1 aromatic rings. The number of nitrogens with one attached hydrogen (secondary N) is 2. The minimum atomic E-state index is -0.499.